The second kappa shape index (κ2) is 5.68. The van der Waals surface area contributed by atoms with Gasteiger partial charge >= 0.3 is 0 Å². The van der Waals surface area contributed by atoms with E-state index in [1.807, 2.05) is 12.1 Å². The summed E-state index contributed by atoms with van der Waals surface area (Å²) in [4.78, 5) is 21.6. The van der Waals surface area contributed by atoms with Gasteiger partial charge < -0.3 is 10.2 Å². The van der Waals surface area contributed by atoms with Gasteiger partial charge in [0, 0.05) is 36.0 Å². The molecule has 0 unspecified atom stereocenters. The monoisotopic (exact) mass is 304 g/mol. The highest BCUT2D eigenvalue weighted by Gasteiger charge is 2.15. The Balaban J connectivity index is 1.71. The van der Waals surface area contributed by atoms with Crippen molar-refractivity contribution in [3.63, 3.8) is 0 Å². The molecule has 3 heterocycles. The van der Waals surface area contributed by atoms with Crippen molar-refractivity contribution in [3.05, 3.63) is 54.5 Å². The van der Waals surface area contributed by atoms with Gasteiger partial charge in [0.1, 0.15) is 5.69 Å². The van der Waals surface area contributed by atoms with E-state index < -0.39 is 0 Å². The molecular weight excluding hydrogens is 288 g/mol. The number of carbonyl (C=O) groups is 1. The third-order valence-corrected chi connectivity index (χ3v) is 4.13. The quantitative estimate of drug-likeness (QED) is 0.749. The van der Waals surface area contributed by atoms with Gasteiger partial charge in [0.15, 0.2) is 6.29 Å². The molecule has 3 aromatic rings. The third kappa shape index (κ3) is 2.61. The molecular formula is C18H16N4O. The van der Waals surface area contributed by atoms with Crippen molar-refractivity contribution in [1.29, 1.82) is 0 Å². The zero-order valence-corrected chi connectivity index (χ0v) is 12.6. The zero-order chi connectivity index (χ0) is 15.6. The maximum Gasteiger partial charge on any atom is 0.168 e. The first-order valence-electron chi connectivity index (χ1n) is 7.65. The summed E-state index contributed by atoms with van der Waals surface area (Å²) in [5, 5.41) is 4.44. The van der Waals surface area contributed by atoms with Crippen molar-refractivity contribution in [2.45, 2.75) is 6.42 Å². The number of pyridine rings is 2. The van der Waals surface area contributed by atoms with Gasteiger partial charge in [-0.05, 0) is 42.8 Å². The van der Waals surface area contributed by atoms with Gasteiger partial charge in [-0.15, -0.1) is 0 Å². The summed E-state index contributed by atoms with van der Waals surface area (Å²) in [5.74, 6) is 0. The van der Waals surface area contributed by atoms with Crippen molar-refractivity contribution < 1.29 is 4.79 Å². The maximum atomic E-state index is 10.7. The van der Waals surface area contributed by atoms with Gasteiger partial charge in [-0.1, -0.05) is 0 Å². The van der Waals surface area contributed by atoms with Crippen LogP contribution in [0.15, 0.2) is 48.8 Å². The van der Waals surface area contributed by atoms with Crippen LogP contribution in [0.2, 0.25) is 0 Å². The second-order valence-corrected chi connectivity index (χ2v) is 5.62. The molecule has 0 bridgehead atoms. The van der Waals surface area contributed by atoms with Crippen molar-refractivity contribution in [1.82, 2.24) is 9.97 Å². The molecule has 0 spiro atoms. The predicted octanol–water partition coefficient (Wildman–Crippen LogP) is 3.40. The lowest BCUT2D eigenvalue weighted by Gasteiger charge is -2.33. The largest absolute Gasteiger partial charge is 0.371 e. The number of fused-ring (bicyclic) bond motifs is 1. The van der Waals surface area contributed by atoms with E-state index in [1.54, 1.807) is 18.5 Å². The van der Waals surface area contributed by atoms with Crippen molar-refractivity contribution in [2.24, 2.45) is 0 Å². The number of nitrogens with zero attached hydrogens (tertiary/aromatic N) is 3. The highest BCUT2D eigenvalue weighted by Crippen LogP contribution is 2.30. The fraction of sp³-hybridized carbons (Fsp3) is 0.167. The molecule has 1 N–H and O–H groups in total. The zero-order valence-electron chi connectivity index (χ0n) is 12.6. The fourth-order valence-corrected chi connectivity index (χ4v) is 2.72. The van der Waals surface area contributed by atoms with Crippen LogP contribution in [0.25, 0.3) is 10.9 Å². The van der Waals surface area contributed by atoms with Crippen LogP contribution in [0, 0.1) is 0 Å². The van der Waals surface area contributed by atoms with E-state index in [9.17, 15) is 4.79 Å². The van der Waals surface area contributed by atoms with Crippen LogP contribution in [0.4, 0.5) is 17.1 Å². The summed E-state index contributed by atoms with van der Waals surface area (Å²) in [7, 11) is 0. The van der Waals surface area contributed by atoms with Crippen molar-refractivity contribution >= 4 is 34.3 Å². The predicted molar refractivity (Wildman–Crippen MR) is 91.5 cm³/mol. The Morgan fingerprint density at radius 1 is 1.09 bits per heavy atom. The molecule has 1 fully saturated rings. The molecule has 2 aromatic heterocycles. The van der Waals surface area contributed by atoms with Crippen LogP contribution in [-0.2, 0) is 0 Å². The van der Waals surface area contributed by atoms with Crippen molar-refractivity contribution in [2.75, 3.05) is 23.3 Å². The average molecular weight is 304 g/mol. The van der Waals surface area contributed by atoms with Crippen LogP contribution in [-0.4, -0.2) is 29.3 Å². The Labute approximate surface area is 134 Å². The van der Waals surface area contributed by atoms with Crippen LogP contribution in [0.3, 0.4) is 0 Å². The Hall–Kier alpha value is -2.95. The van der Waals surface area contributed by atoms with Gasteiger partial charge in [0.25, 0.3) is 0 Å². The number of nitrogens with one attached hydrogen (secondary N) is 1. The normalized spacial score (nSPS) is 13.7. The average Bonchev–Trinajstić information content (AvgIpc) is 2.54. The van der Waals surface area contributed by atoms with E-state index in [0.717, 1.165) is 41.7 Å². The Bertz CT molecular complexity index is 857. The van der Waals surface area contributed by atoms with Gasteiger partial charge in [-0.25, -0.2) is 0 Å². The minimum absolute atomic E-state index is 0.426. The first-order chi connectivity index (χ1) is 11.3. The number of aldehydes is 1. The van der Waals surface area contributed by atoms with E-state index in [0.29, 0.717) is 5.69 Å². The molecule has 1 saturated heterocycles. The lowest BCUT2D eigenvalue weighted by Crippen LogP contribution is -2.36. The summed E-state index contributed by atoms with van der Waals surface area (Å²) in [6, 6.07) is 11.9. The molecule has 1 aliphatic heterocycles. The molecule has 0 amide bonds. The number of anilines is 3. The van der Waals surface area contributed by atoms with Crippen LogP contribution >= 0.6 is 0 Å². The van der Waals surface area contributed by atoms with E-state index in [-0.39, 0.29) is 0 Å². The van der Waals surface area contributed by atoms with Gasteiger partial charge in [0.05, 0.1) is 17.4 Å². The molecule has 1 aromatic carbocycles. The summed E-state index contributed by atoms with van der Waals surface area (Å²) in [5.41, 5.74) is 4.44. The first kappa shape index (κ1) is 13.7. The van der Waals surface area contributed by atoms with Crippen molar-refractivity contribution in [3.8, 4) is 0 Å². The fourth-order valence-electron chi connectivity index (χ4n) is 2.72. The van der Waals surface area contributed by atoms with E-state index in [1.165, 1.54) is 12.1 Å². The highest BCUT2D eigenvalue weighted by molar-refractivity contribution is 5.95. The number of hydrogen-bond donors (Lipinski definition) is 1. The molecule has 5 heteroatoms. The Morgan fingerprint density at radius 2 is 2.00 bits per heavy atom. The molecule has 1 aliphatic rings. The standard InChI is InChI=1S/C18H16N4O/c23-12-14-3-2-13(11-20-14)21-18-6-7-19-17-5-4-15(10-16(17)18)22-8-1-9-22/h2-7,10-12H,1,8-9H2,(H,19,21). The van der Waals surface area contributed by atoms with Gasteiger partial charge in [-0.3, -0.25) is 14.8 Å². The summed E-state index contributed by atoms with van der Waals surface area (Å²) < 4.78 is 0. The molecule has 23 heavy (non-hydrogen) atoms. The lowest BCUT2D eigenvalue weighted by molar-refractivity contribution is 0.111. The second-order valence-electron chi connectivity index (χ2n) is 5.62. The molecule has 0 saturated carbocycles. The number of rotatable bonds is 4. The number of carbonyl (C=O) groups excluding carboxylic acids is 1. The first-order valence-corrected chi connectivity index (χ1v) is 7.65. The third-order valence-electron chi connectivity index (χ3n) is 4.13. The number of aromatic nitrogens is 2. The Kier molecular flexibility index (Phi) is 3.38. The molecule has 0 aliphatic carbocycles. The SMILES string of the molecule is O=Cc1ccc(Nc2ccnc3ccc(N4CCC4)cc23)cn1. The number of benzene rings is 1. The topological polar surface area (TPSA) is 58.1 Å². The maximum absolute atomic E-state index is 10.7. The van der Waals surface area contributed by atoms with E-state index >= 15 is 0 Å². The van der Waals surface area contributed by atoms with Crippen LogP contribution < -0.4 is 10.2 Å². The molecule has 114 valence electrons. The van der Waals surface area contributed by atoms with Crippen LogP contribution in [0.5, 0.6) is 0 Å². The minimum Gasteiger partial charge on any atom is -0.371 e. The van der Waals surface area contributed by atoms with E-state index in [2.05, 4.69) is 38.4 Å². The minimum atomic E-state index is 0.426. The Morgan fingerprint density at radius 3 is 2.70 bits per heavy atom. The summed E-state index contributed by atoms with van der Waals surface area (Å²) in [6.45, 7) is 2.23. The number of hydrogen-bond acceptors (Lipinski definition) is 5. The summed E-state index contributed by atoms with van der Waals surface area (Å²) in [6.07, 6.45) is 5.45. The molecule has 5 nitrogen and oxygen atoms in total. The van der Waals surface area contributed by atoms with Gasteiger partial charge in [-0.2, -0.15) is 0 Å². The highest BCUT2D eigenvalue weighted by atomic mass is 16.1. The molecule has 0 radical (unpaired) electrons. The molecule has 0 atom stereocenters. The lowest BCUT2D eigenvalue weighted by atomic mass is 10.1. The van der Waals surface area contributed by atoms with Gasteiger partial charge in [0.2, 0.25) is 0 Å². The van der Waals surface area contributed by atoms with Crippen LogP contribution in [0.1, 0.15) is 16.9 Å². The smallest absolute Gasteiger partial charge is 0.168 e. The summed E-state index contributed by atoms with van der Waals surface area (Å²) >= 11 is 0. The molecule has 4 rings (SSSR count). The van der Waals surface area contributed by atoms with E-state index in [4.69, 9.17) is 0 Å².